The van der Waals surface area contributed by atoms with E-state index in [0.717, 1.165) is 18.4 Å². The number of benzene rings is 1. The highest BCUT2D eigenvalue weighted by Crippen LogP contribution is 2.45. The zero-order chi connectivity index (χ0) is 14.9. The van der Waals surface area contributed by atoms with Crippen LogP contribution >= 0.6 is 0 Å². The second kappa shape index (κ2) is 5.33. The Hall–Kier alpha value is -2.14. The van der Waals surface area contributed by atoms with Crippen molar-refractivity contribution in [1.82, 2.24) is 10.5 Å². The van der Waals surface area contributed by atoms with Gasteiger partial charge in [-0.2, -0.15) is 0 Å². The van der Waals surface area contributed by atoms with Gasteiger partial charge in [-0.15, -0.1) is 0 Å². The smallest absolute Gasteiger partial charge is 0.256 e. The largest absolute Gasteiger partial charge is 0.383 e. The third-order valence-electron chi connectivity index (χ3n) is 4.04. The van der Waals surface area contributed by atoms with Gasteiger partial charge in [-0.05, 0) is 31.2 Å². The fourth-order valence-electron chi connectivity index (χ4n) is 2.60. The summed E-state index contributed by atoms with van der Waals surface area (Å²) in [5.41, 5.74) is 0.234. The molecule has 21 heavy (non-hydrogen) atoms. The van der Waals surface area contributed by atoms with Gasteiger partial charge in [0.15, 0.2) is 0 Å². The summed E-state index contributed by atoms with van der Waals surface area (Å²) in [4.78, 5) is 12.1. The van der Waals surface area contributed by atoms with Gasteiger partial charge in [0.2, 0.25) is 0 Å². The van der Waals surface area contributed by atoms with Crippen molar-refractivity contribution < 1.29 is 14.4 Å². The minimum absolute atomic E-state index is 0.186. The minimum Gasteiger partial charge on any atom is -0.383 e. The maximum atomic E-state index is 12.1. The van der Waals surface area contributed by atoms with Crippen LogP contribution in [0.2, 0.25) is 0 Å². The Bertz CT molecular complexity index is 634. The fraction of sp³-hybridized carbons (Fsp3) is 0.375. The number of aromatic nitrogens is 1. The number of aryl methyl sites for hydroxylation is 1. The number of nitrogens with one attached hydrogen (secondary N) is 1. The lowest BCUT2D eigenvalue weighted by molar-refractivity contribution is 0.0135. The van der Waals surface area contributed by atoms with E-state index in [1.807, 2.05) is 30.3 Å². The van der Waals surface area contributed by atoms with Crippen LogP contribution in [0.5, 0.6) is 0 Å². The molecule has 0 saturated heterocycles. The molecular weight excluding hydrogens is 268 g/mol. The van der Waals surface area contributed by atoms with Gasteiger partial charge in [-0.3, -0.25) is 4.79 Å². The van der Waals surface area contributed by atoms with Crippen LogP contribution in [-0.2, 0) is 5.60 Å². The van der Waals surface area contributed by atoms with E-state index in [0.29, 0.717) is 11.3 Å². The SMILES string of the molecule is Cc1oncc1C(=O)NC[C@](O)(c1ccccc1)C1CC1. The molecule has 2 aromatic rings. The first-order valence-electron chi connectivity index (χ1n) is 7.08. The van der Waals surface area contributed by atoms with E-state index < -0.39 is 5.60 Å². The van der Waals surface area contributed by atoms with Crippen LogP contribution in [0.15, 0.2) is 41.1 Å². The molecule has 5 nitrogen and oxygen atoms in total. The van der Waals surface area contributed by atoms with Crippen molar-refractivity contribution in [3.63, 3.8) is 0 Å². The molecule has 0 bridgehead atoms. The standard InChI is InChI=1S/C16H18N2O3/c1-11-14(9-18-21-11)15(19)17-10-16(20,13-7-8-13)12-5-3-2-4-6-12/h2-6,9,13,20H,7-8,10H2,1H3,(H,17,19)/t16-/m0/s1. The molecular formula is C16H18N2O3. The van der Waals surface area contributed by atoms with E-state index in [9.17, 15) is 9.90 Å². The molecule has 1 aromatic heterocycles. The molecule has 5 heteroatoms. The summed E-state index contributed by atoms with van der Waals surface area (Å²) in [6.07, 6.45) is 3.35. The number of carbonyl (C=O) groups is 1. The van der Waals surface area contributed by atoms with Gasteiger partial charge < -0.3 is 14.9 Å². The van der Waals surface area contributed by atoms with Crippen molar-refractivity contribution >= 4 is 5.91 Å². The monoisotopic (exact) mass is 286 g/mol. The van der Waals surface area contributed by atoms with E-state index in [-0.39, 0.29) is 18.4 Å². The summed E-state index contributed by atoms with van der Waals surface area (Å²) >= 11 is 0. The van der Waals surface area contributed by atoms with Crippen molar-refractivity contribution in [2.75, 3.05) is 6.54 Å². The third kappa shape index (κ3) is 2.69. The highest BCUT2D eigenvalue weighted by Gasteiger charge is 2.45. The molecule has 110 valence electrons. The van der Waals surface area contributed by atoms with Gasteiger partial charge in [0, 0.05) is 0 Å². The summed E-state index contributed by atoms with van der Waals surface area (Å²) in [7, 11) is 0. The summed E-state index contributed by atoms with van der Waals surface area (Å²) < 4.78 is 4.89. The van der Waals surface area contributed by atoms with E-state index in [4.69, 9.17) is 4.52 Å². The Balaban J connectivity index is 1.75. The quantitative estimate of drug-likeness (QED) is 0.881. The topological polar surface area (TPSA) is 75.4 Å². The molecule has 1 aliphatic rings. The van der Waals surface area contributed by atoms with Gasteiger partial charge >= 0.3 is 0 Å². The van der Waals surface area contributed by atoms with Gasteiger partial charge in [0.25, 0.3) is 5.91 Å². The maximum Gasteiger partial charge on any atom is 0.256 e. The van der Waals surface area contributed by atoms with Crippen molar-refractivity contribution in [3.05, 3.63) is 53.4 Å². The molecule has 1 amide bonds. The summed E-state index contributed by atoms with van der Waals surface area (Å²) in [6.45, 7) is 1.87. The molecule has 0 spiro atoms. The summed E-state index contributed by atoms with van der Waals surface area (Å²) in [5.74, 6) is 0.398. The second-order valence-electron chi connectivity index (χ2n) is 5.54. The number of amides is 1. The molecule has 3 rings (SSSR count). The van der Waals surface area contributed by atoms with Crippen molar-refractivity contribution in [2.45, 2.75) is 25.4 Å². The molecule has 1 fully saturated rings. The molecule has 1 heterocycles. The van der Waals surface area contributed by atoms with Crippen LogP contribution in [0.4, 0.5) is 0 Å². The number of nitrogens with zero attached hydrogens (tertiary/aromatic N) is 1. The molecule has 0 unspecified atom stereocenters. The summed E-state index contributed by atoms with van der Waals surface area (Å²) in [5, 5.41) is 17.4. The van der Waals surface area contributed by atoms with E-state index in [2.05, 4.69) is 10.5 Å². The number of rotatable bonds is 5. The lowest BCUT2D eigenvalue weighted by Gasteiger charge is -2.29. The first kappa shape index (κ1) is 13.8. The van der Waals surface area contributed by atoms with Crippen molar-refractivity contribution in [3.8, 4) is 0 Å². The molecule has 1 aliphatic carbocycles. The molecule has 1 saturated carbocycles. The number of hydrogen-bond acceptors (Lipinski definition) is 4. The van der Waals surface area contributed by atoms with Gasteiger partial charge in [-0.1, -0.05) is 35.5 Å². The molecule has 0 aliphatic heterocycles. The van der Waals surface area contributed by atoms with Crippen LogP contribution in [-0.4, -0.2) is 22.7 Å². The summed E-state index contributed by atoms with van der Waals surface area (Å²) in [6, 6.07) is 9.50. The number of hydrogen-bond donors (Lipinski definition) is 2. The average molecular weight is 286 g/mol. The molecule has 1 atom stereocenters. The van der Waals surface area contributed by atoms with Gasteiger partial charge in [-0.25, -0.2) is 0 Å². The van der Waals surface area contributed by atoms with Crippen LogP contribution in [0.25, 0.3) is 0 Å². The Morgan fingerprint density at radius 3 is 2.71 bits per heavy atom. The Morgan fingerprint density at radius 1 is 1.43 bits per heavy atom. The zero-order valence-electron chi connectivity index (χ0n) is 11.9. The average Bonchev–Trinajstić information content (AvgIpc) is 3.28. The van der Waals surface area contributed by atoms with E-state index >= 15 is 0 Å². The normalized spacial score (nSPS) is 17.2. The van der Waals surface area contributed by atoms with Gasteiger partial charge in [0.1, 0.15) is 16.9 Å². The van der Waals surface area contributed by atoms with E-state index in [1.54, 1.807) is 6.92 Å². The van der Waals surface area contributed by atoms with Crippen LogP contribution < -0.4 is 5.32 Å². The van der Waals surface area contributed by atoms with Crippen LogP contribution in [0.3, 0.4) is 0 Å². The Kier molecular flexibility index (Phi) is 3.51. The van der Waals surface area contributed by atoms with Crippen molar-refractivity contribution in [2.24, 2.45) is 5.92 Å². The lowest BCUT2D eigenvalue weighted by Crippen LogP contribution is -2.42. The third-order valence-corrected chi connectivity index (χ3v) is 4.04. The van der Waals surface area contributed by atoms with Gasteiger partial charge in [0.05, 0.1) is 12.7 Å². The Morgan fingerprint density at radius 2 is 2.14 bits per heavy atom. The maximum absolute atomic E-state index is 12.1. The zero-order valence-corrected chi connectivity index (χ0v) is 11.9. The highest BCUT2D eigenvalue weighted by atomic mass is 16.5. The van der Waals surface area contributed by atoms with E-state index in [1.165, 1.54) is 6.20 Å². The number of carbonyl (C=O) groups excluding carboxylic acids is 1. The van der Waals surface area contributed by atoms with Crippen LogP contribution in [0, 0.1) is 12.8 Å². The highest BCUT2D eigenvalue weighted by molar-refractivity contribution is 5.94. The van der Waals surface area contributed by atoms with Crippen LogP contribution in [0.1, 0.15) is 34.5 Å². The lowest BCUT2D eigenvalue weighted by atomic mass is 9.88. The first-order chi connectivity index (χ1) is 10.1. The molecule has 0 radical (unpaired) electrons. The van der Waals surface area contributed by atoms with Crippen molar-refractivity contribution in [1.29, 1.82) is 0 Å². The number of aliphatic hydroxyl groups is 1. The second-order valence-corrected chi connectivity index (χ2v) is 5.54. The molecule has 1 aromatic carbocycles. The first-order valence-corrected chi connectivity index (χ1v) is 7.08. The Labute approximate surface area is 123 Å². The predicted octanol–water partition coefficient (Wildman–Crippen LogP) is 2.01. The fourth-order valence-corrected chi connectivity index (χ4v) is 2.60. The predicted molar refractivity (Wildman–Crippen MR) is 76.6 cm³/mol. The molecule has 2 N–H and O–H groups in total. The minimum atomic E-state index is -1.01.